The van der Waals surface area contributed by atoms with Gasteiger partial charge in [0.15, 0.2) is 0 Å². The first-order valence-corrected chi connectivity index (χ1v) is 26.7. The van der Waals surface area contributed by atoms with Gasteiger partial charge in [-0.2, -0.15) is 0 Å². The van der Waals surface area contributed by atoms with Crippen LogP contribution in [0.1, 0.15) is 252 Å². The molecule has 0 bridgehead atoms. The fourth-order valence-corrected chi connectivity index (χ4v) is 9.04. The summed E-state index contributed by atoms with van der Waals surface area (Å²) < 4.78 is 17.9. The summed E-state index contributed by atoms with van der Waals surface area (Å²) in [5.41, 5.74) is 0. The smallest absolute Gasteiger partial charge is 0.305 e. The summed E-state index contributed by atoms with van der Waals surface area (Å²) in [6.45, 7) is 17.0. The normalized spacial score (nSPS) is 13.9. The predicted molar refractivity (Wildman–Crippen MR) is 257 cm³/mol. The molecule has 0 radical (unpaired) electrons. The number of esters is 2. The van der Waals surface area contributed by atoms with Crippen LogP contribution in [0.5, 0.6) is 0 Å². The lowest BCUT2D eigenvalue weighted by Crippen LogP contribution is -2.44. The van der Waals surface area contributed by atoms with E-state index in [9.17, 15) is 9.59 Å². The maximum atomic E-state index is 12.4. The molecule has 0 aromatic heterocycles. The number of hydrogen-bond donors (Lipinski definition) is 0. The first-order valence-electron chi connectivity index (χ1n) is 26.7. The van der Waals surface area contributed by atoms with E-state index in [1.165, 1.54) is 193 Å². The van der Waals surface area contributed by atoms with Gasteiger partial charge in [-0.25, -0.2) is 0 Å². The lowest BCUT2D eigenvalue weighted by molar-refractivity contribution is -0.145. The number of hydrogen-bond acceptors (Lipinski definition) is 7. The Morgan fingerprint density at radius 2 is 0.783 bits per heavy atom. The van der Waals surface area contributed by atoms with Crippen LogP contribution in [0.25, 0.3) is 0 Å². The van der Waals surface area contributed by atoms with Crippen molar-refractivity contribution in [1.82, 2.24) is 9.80 Å². The topological polar surface area (TPSA) is 68.3 Å². The van der Waals surface area contributed by atoms with Gasteiger partial charge in [0.05, 0.1) is 19.3 Å². The SMILES string of the molecule is CCCCCC(CCCCC)CCOC(=O)CCCCCCCCC(CCCCCCCCC(=O)OCCC(CCCCC)CCCCC)OCCCN1CCN(C)CC1. The van der Waals surface area contributed by atoms with Gasteiger partial charge in [0, 0.05) is 52.2 Å². The molecule has 1 aliphatic rings. The van der Waals surface area contributed by atoms with Crippen LogP contribution < -0.4 is 0 Å². The molecule has 1 fully saturated rings. The molecule has 0 aromatic carbocycles. The predicted octanol–water partition coefficient (Wildman–Crippen LogP) is 14.7. The van der Waals surface area contributed by atoms with Gasteiger partial charge in [-0.15, -0.1) is 0 Å². The Morgan fingerprint density at radius 1 is 0.417 bits per heavy atom. The van der Waals surface area contributed by atoms with E-state index in [-0.39, 0.29) is 11.9 Å². The average molecular weight is 849 g/mol. The van der Waals surface area contributed by atoms with E-state index >= 15 is 0 Å². The molecule has 0 aliphatic carbocycles. The lowest BCUT2D eigenvalue weighted by Gasteiger charge is -2.32. The van der Waals surface area contributed by atoms with E-state index in [2.05, 4.69) is 44.5 Å². The largest absolute Gasteiger partial charge is 0.466 e. The fourth-order valence-electron chi connectivity index (χ4n) is 9.04. The monoisotopic (exact) mass is 849 g/mol. The van der Waals surface area contributed by atoms with E-state index < -0.39 is 0 Å². The molecule has 0 amide bonds. The van der Waals surface area contributed by atoms with Crippen molar-refractivity contribution in [3.05, 3.63) is 0 Å². The van der Waals surface area contributed by atoms with E-state index in [1.807, 2.05) is 0 Å². The second-order valence-electron chi connectivity index (χ2n) is 19.0. The molecule has 0 spiro atoms. The Hall–Kier alpha value is -1.18. The standard InChI is InChI=1S/C53H104N2O5/c1-6-10-22-31-49(32-23-11-7-2)39-47-59-52(56)37-28-20-16-14-18-26-35-51(58-46-30-41-55-44-42-54(5)43-45-55)36-27-19-15-17-21-29-38-53(57)60-48-40-50(33-24-12-8-3)34-25-13-9-4/h49-51H,6-48H2,1-5H3. The fraction of sp³-hybridized carbons (Fsp3) is 0.962. The molecule has 60 heavy (non-hydrogen) atoms. The minimum absolute atomic E-state index is 0.00765. The van der Waals surface area contributed by atoms with Crippen molar-refractivity contribution in [3.8, 4) is 0 Å². The zero-order chi connectivity index (χ0) is 43.6. The minimum Gasteiger partial charge on any atom is -0.466 e. The van der Waals surface area contributed by atoms with Gasteiger partial charge in [0.1, 0.15) is 0 Å². The first-order chi connectivity index (χ1) is 29.4. The Bertz CT molecular complexity index is 847. The van der Waals surface area contributed by atoms with Crippen LogP contribution in [-0.2, 0) is 23.8 Å². The molecular formula is C53H104N2O5. The third kappa shape index (κ3) is 36.3. The van der Waals surface area contributed by atoms with E-state index in [0.717, 1.165) is 69.9 Å². The van der Waals surface area contributed by atoms with Crippen LogP contribution >= 0.6 is 0 Å². The number of likely N-dealkylation sites (N-methyl/N-ethyl adjacent to an activating group) is 1. The molecule has 0 aromatic rings. The van der Waals surface area contributed by atoms with Crippen LogP contribution in [0, 0.1) is 11.8 Å². The van der Waals surface area contributed by atoms with Gasteiger partial charge in [-0.05, 0) is 63.8 Å². The minimum atomic E-state index is 0.00765. The number of carbonyl (C=O) groups excluding carboxylic acids is 2. The highest BCUT2D eigenvalue weighted by Gasteiger charge is 2.15. The number of carbonyl (C=O) groups is 2. The first kappa shape index (κ1) is 56.8. The molecule has 7 heteroatoms. The van der Waals surface area contributed by atoms with Gasteiger partial charge < -0.3 is 24.0 Å². The maximum absolute atomic E-state index is 12.4. The quantitative estimate of drug-likeness (QED) is 0.0446. The molecule has 0 unspecified atom stereocenters. The average Bonchev–Trinajstić information content (AvgIpc) is 3.24. The second-order valence-corrected chi connectivity index (χ2v) is 19.0. The summed E-state index contributed by atoms with van der Waals surface area (Å²) in [6, 6.07) is 0. The molecule has 1 aliphatic heterocycles. The summed E-state index contributed by atoms with van der Waals surface area (Å²) in [4.78, 5) is 29.9. The number of unbranched alkanes of at least 4 members (excludes halogenated alkanes) is 18. The number of rotatable bonds is 45. The van der Waals surface area contributed by atoms with Gasteiger partial charge >= 0.3 is 11.9 Å². The number of nitrogens with zero attached hydrogens (tertiary/aromatic N) is 2. The molecule has 1 rings (SSSR count). The lowest BCUT2D eigenvalue weighted by atomic mass is 9.92. The highest BCUT2D eigenvalue weighted by Crippen LogP contribution is 2.23. The van der Waals surface area contributed by atoms with Crippen molar-refractivity contribution >= 4 is 11.9 Å². The zero-order valence-electron chi connectivity index (χ0n) is 41.1. The van der Waals surface area contributed by atoms with E-state index in [1.54, 1.807) is 0 Å². The Labute approximate surface area is 374 Å². The van der Waals surface area contributed by atoms with Gasteiger partial charge in [0.25, 0.3) is 0 Å². The molecule has 1 saturated heterocycles. The van der Waals surface area contributed by atoms with Crippen molar-refractivity contribution < 1.29 is 23.8 Å². The van der Waals surface area contributed by atoms with Crippen LogP contribution in [0.2, 0.25) is 0 Å². The summed E-state index contributed by atoms with van der Waals surface area (Å²) in [7, 11) is 2.22. The Balaban J connectivity index is 2.24. The van der Waals surface area contributed by atoms with Gasteiger partial charge in [-0.3, -0.25) is 9.59 Å². The summed E-state index contributed by atoms with van der Waals surface area (Å²) in [6.07, 6.45) is 41.9. The van der Waals surface area contributed by atoms with Crippen molar-refractivity contribution in [1.29, 1.82) is 0 Å². The van der Waals surface area contributed by atoms with Crippen molar-refractivity contribution in [2.75, 3.05) is 59.6 Å². The Morgan fingerprint density at radius 3 is 1.18 bits per heavy atom. The highest BCUT2D eigenvalue weighted by molar-refractivity contribution is 5.69. The number of piperazine rings is 1. The molecule has 7 nitrogen and oxygen atoms in total. The molecular weight excluding hydrogens is 745 g/mol. The molecule has 1 heterocycles. The van der Waals surface area contributed by atoms with E-state index in [0.29, 0.717) is 32.2 Å². The Kier molecular flexibility index (Phi) is 40.8. The molecule has 0 N–H and O–H groups in total. The molecule has 356 valence electrons. The number of ether oxygens (including phenoxy) is 3. The van der Waals surface area contributed by atoms with Crippen LogP contribution in [-0.4, -0.2) is 87.4 Å². The van der Waals surface area contributed by atoms with Crippen LogP contribution in [0.15, 0.2) is 0 Å². The second kappa shape index (κ2) is 43.1. The third-order valence-corrected chi connectivity index (χ3v) is 13.3. The van der Waals surface area contributed by atoms with Crippen molar-refractivity contribution in [2.24, 2.45) is 11.8 Å². The van der Waals surface area contributed by atoms with Gasteiger partial charge in [0.2, 0.25) is 0 Å². The van der Waals surface area contributed by atoms with Crippen LogP contribution in [0.4, 0.5) is 0 Å². The summed E-state index contributed by atoms with van der Waals surface area (Å²) in [5.74, 6) is 1.45. The van der Waals surface area contributed by atoms with Crippen molar-refractivity contribution in [3.63, 3.8) is 0 Å². The highest BCUT2D eigenvalue weighted by atomic mass is 16.5. The zero-order valence-corrected chi connectivity index (χ0v) is 41.1. The van der Waals surface area contributed by atoms with Crippen LogP contribution in [0.3, 0.4) is 0 Å². The van der Waals surface area contributed by atoms with Crippen molar-refractivity contribution in [2.45, 2.75) is 259 Å². The van der Waals surface area contributed by atoms with Gasteiger partial charge in [-0.1, -0.05) is 195 Å². The molecule has 0 atom stereocenters. The third-order valence-electron chi connectivity index (χ3n) is 13.3. The van der Waals surface area contributed by atoms with E-state index in [4.69, 9.17) is 14.2 Å². The summed E-state index contributed by atoms with van der Waals surface area (Å²) >= 11 is 0. The summed E-state index contributed by atoms with van der Waals surface area (Å²) in [5, 5.41) is 0. The maximum Gasteiger partial charge on any atom is 0.305 e. The molecule has 0 saturated carbocycles.